The molecule has 1 amide bonds. The van der Waals surface area contributed by atoms with E-state index >= 15 is 0 Å². The Bertz CT molecular complexity index is 942. The molecule has 0 radical (unpaired) electrons. The van der Waals surface area contributed by atoms with Crippen LogP contribution in [-0.4, -0.2) is 33.0 Å². The third-order valence-electron chi connectivity index (χ3n) is 4.21. The minimum absolute atomic E-state index is 0.0585. The molecule has 0 aliphatic rings. The highest BCUT2D eigenvalue weighted by molar-refractivity contribution is 8.00. The Balaban J connectivity index is 1.60. The topological polar surface area (TPSA) is 69.0 Å². The van der Waals surface area contributed by atoms with Gasteiger partial charge in [-0.3, -0.25) is 4.79 Å². The third-order valence-corrected chi connectivity index (χ3v) is 5.60. The fraction of sp³-hybridized carbons (Fsp3) is 0.250. The molecule has 1 aromatic heterocycles. The first-order valence-corrected chi connectivity index (χ1v) is 9.96. The van der Waals surface area contributed by atoms with Crippen LogP contribution in [0.3, 0.4) is 0 Å². The average Bonchev–Trinajstić information content (AvgIpc) is 3.07. The molecule has 1 atom stereocenters. The molecule has 0 aliphatic heterocycles. The average molecular weight is 417 g/mol. The first kappa shape index (κ1) is 20.2. The van der Waals surface area contributed by atoms with Crippen molar-refractivity contribution in [3.05, 3.63) is 59.1 Å². The summed E-state index contributed by atoms with van der Waals surface area (Å²) in [5.74, 6) is 1.46. The molecule has 8 heteroatoms. The van der Waals surface area contributed by atoms with Gasteiger partial charge in [0.15, 0.2) is 11.0 Å². The lowest BCUT2D eigenvalue weighted by Gasteiger charge is -2.12. The smallest absolute Gasteiger partial charge is 0.233 e. The molecule has 146 valence electrons. The number of nitrogens with zero attached hydrogens (tertiary/aromatic N) is 3. The van der Waals surface area contributed by atoms with E-state index in [0.717, 1.165) is 22.7 Å². The number of rotatable bonds is 7. The monoisotopic (exact) mass is 416 g/mol. The van der Waals surface area contributed by atoms with E-state index in [-0.39, 0.29) is 11.2 Å². The molecule has 0 unspecified atom stereocenters. The van der Waals surface area contributed by atoms with Gasteiger partial charge in [0, 0.05) is 24.2 Å². The molecule has 0 saturated carbocycles. The molecule has 0 spiro atoms. The van der Waals surface area contributed by atoms with E-state index in [1.54, 1.807) is 7.11 Å². The lowest BCUT2D eigenvalue weighted by atomic mass is 10.2. The zero-order chi connectivity index (χ0) is 20.1. The largest absolute Gasteiger partial charge is 0.497 e. The number of ether oxygens (including phenoxy) is 1. The van der Waals surface area contributed by atoms with Gasteiger partial charge in [-0.15, -0.1) is 10.2 Å². The van der Waals surface area contributed by atoms with Gasteiger partial charge in [-0.1, -0.05) is 35.5 Å². The summed E-state index contributed by atoms with van der Waals surface area (Å²) >= 11 is 7.31. The first-order chi connectivity index (χ1) is 13.5. The van der Waals surface area contributed by atoms with E-state index in [1.807, 2.05) is 67.1 Å². The number of halogens is 1. The number of hydrogen-bond acceptors (Lipinski definition) is 5. The van der Waals surface area contributed by atoms with Crippen molar-refractivity contribution >= 4 is 29.3 Å². The summed E-state index contributed by atoms with van der Waals surface area (Å²) in [5, 5.41) is 12.5. The van der Waals surface area contributed by atoms with Crippen molar-refractivity contribution in [2.45, 2.75) is 23.9 Å². The second-order valence-corrected chi connectivity index (χ2v) is 7.94. The molecule has 1 heterocycles. The minimum Gasteiger partial charge on any atom is -0.497 e. The fourth-order valence-corrected chi connectivity index (χ4v) is 3.52. The summed E-state index contributed by atoms with van der Waals surface area (Å²) in [6, 6.07) is 15.0. The quantitative estimate of drug-likeness (QED) is 0.591. The maximum Gasteiger partial charge on any atom is 0.233 e. The van der Waals surface area contributed by atoms with Gasteiger partial charge in [0.25, 0.3) is 0 Å². The Morgan fingerprint density at radius 1 is 1.18 bits per heavy atom. The molecule has 28 heavy (non-hydrogen) atoms. The molecule has 0 aliphatic carbocycles. The molecule has 0 fully saturated rings. The highest BCUT2D eigenvalue weighted by Crippen LogP contribution is 2.26. The number of carbonyl (C=O) groups excluding carboxylic acids is 1. The summed E-state index contributed by atoms with van der Waals surface area (Å²) in [6.45, 7) is 2.31. The van der Waals surface area contributed by atoms with Crippen LogP contribution in [0, 0.1) is 0 Å². The maximum atomic E-state index is 12.4. The third kappa shape index (κ3) is 4.85. The van der Waals surface area contributed by atoms with Crippen molar-refractivity contribution in [3.63, 3.8) is 0 Å². The Labute approximate surface area is 173 Å². The van der Waals surface area contributed by atoms with Crippen molar-refractivity contribution in [1.29, 1.82) is 0 Å². The molecule has 1 N–H and O–H groups in total. The van der Waals surface area contributed by atoms with Crippen molar-refractivity contribution in [3.8, 4) is 17.1 Å². The van der Waals surface area contributed by atoms with E-state index in [0.29, 0.717) is 16.7 Å². The van der Waals surface area contributed by atoms with E-state index in [2.05, 4.69) is 15.5 Å². The van der Waals surface area contributed by atoms with Crippen LogP contribution in [0.1, 0.15) is 12.5 Å². The Hall–Kier alpha value is -2.51. The zero-order valence-corrected chi connectivity index (χ0v) is 17.4. The van der Waals surface area contributed by atoms with Gasteiger partial charge < -0.3 is 14.6 Å². The number of carbonyl (C=O) groups is 1. The van der Waals surface area contributed by atoms with Gasteiger partial charge in [-0.25, -0.2) is 0 Å². The highest BCUT2D eigenvalue weighted by atomic mass is 35.5. The number of methoxy groups -OCH3 is 1. The second kappa shape index (κ2) is 9.12. The van der Waals surface area contributed by atoms with Crippen LogP contribution in [0.15, 0.2) is 53.7 Å². The van der Waals surface area contributed by atoms with Crippen LogP contribution in [0.5, 0.6) is 5.75 Å². The van der Waals surface area contributed by atoms with Gasteiger partial charge in [0.1, 0.15) is 5.75 Å². The normalized spacial score (nSPS) is 11.9. The first-order valence-electron chi connectivity index (χ1n) is 8.70. The maximum absolute atomic E-state index is 12.4. The van der Waals surface area contributed by atoms with Crippen LogP contribution in [0.2, 0.25) is 5.02 Å². The highest BCUT2D eigenvalue weighted by Gasteiger charge is 2.19. The number of aromatic nitrogens is 3. The molecular formula is C20H21ClN4O2S. The summed E-state index contributed by atoms with van der Waals surface area (Å²) in [5.41, 5.74) is 1.93. The molecular weight excluding hydrogens is 396 g/mol. The predicted octanol–water partition coefficient (Wildman–Crippen LogP) is 3.94. The molecule has 0 bridgehead atoms. The number of nitrogens with one attached hydrogen (secondary N) is 1. The number of amides is 1. The minimum atomic E-state index is -0.306. The van der Waals surface area contributed by atoms with Gasteiger partial charge in [-0.2, -0.15) is 0 Å². The van der Waals surface area contributed by atoms with Gasteiger partial charge >= 0.3 is 0 Å². The van der Waals surface area contributed by atoms with E-state index in [9.17, 15) is 4.79 Å². The standard InChI is InChI=1S/C20H21ClN4O2S/c1-13(19(26)22-12-14-4-10-17(27-3)11-5-14)28-20-24-23-18(25(20)2)15-6-8-16(21)9-7-15/h4-11,13H,12H2,1-3H3,(H,22,26)/t13-/m0/s1. The van der Waals surface area contributed by atoms with E-state index in [4.69, 9.17) is 16.3 Å². The van der Waals surface area contributed by atoms with Crippen molar-refractivity contribution in [2.24, 2.45) is 7.05 Å². The van der Waals surface area contributed by atoms with Crippen LogP contribution < -0.4 is 10.1 Å². The van der Waals surface area contributed by atoms with Crippen LogP contribution in [0.25, 0.3) is 11.4 Å². The van der Waals surface area contributed by atoms with Crippen molar-refractivity contribution < 1.29 is 9.53 Å². The summed E-state index contributed by atoms with van der Waals surface area (Å²) in [4.78, 5) is 12.4. The second-order valence-electron chi connectivity index (χ2n) is 6.20. The van der Waals surface area contributed by atoms with Crippen molar-refractivity contribution in [2.75, 3.05) is 7.11 Å². The van der Waals surface area contributed by atoms with Crippen molar-refractivity contribution in [1.82, 2.24) is 20.1 Å². The Morgan fingerprint density at radius 2 is 1.86 bits per heavy atom. The number of thioether (sulfide) groups is 1. The molecule has 6 nitrogen and oxygen atoms in total. The molecule has 3 aromatic rings. The SMILES string of the molecule is COc1ccc(CNC(=O)[C@H](C)Sc2nnc(-c3ccc(Cl)cc3)n2C)cc1. The zero-order valence-electron chi connectivity index (χ0n) is 15.8. The number of benzene rings is 2. The van der Waals surface area contributed by atoms with E-state index < -0.39 is 0 Å². The Kier molecular flexibility index (Phi) is 6.59. The molecule has 0 saturated heterocycles. The summed E-state index contributed by atoms with van der Waals surface area (Å²) < 4.78 is 7.01. The Morgan fingerprint density at radius 3 is 2.50 bits per heavy atom. The summed E-state index contributed by atoms with van der Waals surface area (Å²) in [7, 11) is 3.51. The van der Waals surface area contributed by atoms with Crippen LogP contribution in [0.4, 0.5) is 0 Å². The van der Waals surface area contributed by atoms with Gasteiger partial charge in [0.2, 0.25) is 5.91 Å². The lowest BCUT2D eigenvalue weighted by molar-refractivity contribution is -0.120. The van der Waals surface area contributed by atoms with E-state index in [1.165, 1.54) is 11.8 Å². The predicted molar refractivity (Wildman–Crippen MR) is 112 cm³/mol. The van der Waals surface area contributed by atoms with Crippen LogP contribution in [-0.2, 0) is 18.4 Å². The molecule has 2 aromatic carbocycles. The lowest BCUT2D eigenvalue weighted by Crippen LogP contribution is -2.30. The van der Waals surface area contributed by atoms with Crippen LogP contribution >= 0.6 is 23.4 Å². The number of hydrogen-bond donors (Lipinski definition) is 1. The molecule has 3 rings (SSSR count). The van der Waals surface area contributed by atoms with Gasteiger partial charge in [0.05, 0.1) is 12.4 Å². The van der Waals surface area contributed by atoms with Gasteiger partial charge in [-0.05, 0) is 48.9 Å². The fourth-order valence-electron chi connectivity index (χ4n) is 2.56. The summed E-state index contributed by atoms with van der Waals surface area (Å²) in [6.07, 6.45) is 0.